The highest BCUT2D eigenvalue weighted by atomic mass is 16.3. The molecule has 170 valence electrons. The molecule has 0 aliphatic heterocycles. The number of hydrogen-bond donors (Lipinski definition) is 1. The molecule has 0 saturated heterocycles. The van der Waals surface area contributed by atoms with E-state index in [2.05, 4.69) is 54.5 Å². The van der Waals surface area contributed by atoms with Gasteiger partial charge in [0.05, 0.1) is 6.10 Å². The first-order valence-electron chi connectivity index (χ1n) is 13.3. The molecule has 9 atom stereocenters. The Morgan fingerprint density at radius 3 is 2.37 bits per heavy atom. The van der Waals surface area contributed by atoms with E-state index in [4.69, 9.17) is 0 Å². The van der Waals surface area contributed by atoms with Crippen LogP contribution in [0.2, 0.25) is 0 Å². The Kier molecular flexibility index (Phi) is 4.59. The van der Waals surface area contributed by atoms with Gasteiger partial charge in [0, 0.05) is 0 Å². The molecular weight excluding hydrogens is 364 g/mol. The second-order valence-electron chi connectivity index (χ2n) is 14.1. The molecule has 0 aromatic rings. The topological polar surface area (TPSA) is 20.2 Å². The van der Waals surface area contributed by atoms with Crippen molar-refractivity contribution in [3.8, 4) is 0 Å². The van der Waals surface area contributed by atoms with Gasteiger partial charge in [0.2, 0.25) is 0 Å². The largest absolute Gasteiger partial charge is 0.393 e. The Balaban J connectivity index is 1.60. The molecule has 1 heteroatoms. The lowest BCUT2D eigenvalue weighted by molar-refractivity contribution is -0.176. The van der Waals surface area contributed by atoms with Crippen LogP contribution < -0.4 is 0 Å². The van der Waals surface area contributed by atoms with Crippen LogP contribution in [0.5, 0.6) is 0 Å². The summed E-state index contributed by atoms with van der Waals surface area (Å²) >= 11 is 0. The third-order valence-electron chi connectivity index (χ3n) is 12.6. The third-order valence-corrected chi connectivity index (χ3v) is 12.6. The molecule has 0 heterocycles. The number of aliphatic hydroxyl groups is 1. The van der Waals surface area contributed by atoms with Crippen molar-refractivity contribution in [3.05, 3.63) is 11.6 Å². The van der Waals surface area contributed by atoms with E-state index in [9.17, 15) is 5.11 Å². The van der Waals surface area contributed by atoms with Crippen molar-refractivity contribution in [1.82, 2.24) is 0 Å². The van der Waals surface area contributed by atoms with Gasteiger partial charge in [0.25, 0.3) is 0 Å². The van der Waals surface area contributed by atoms with Crippen molar-refractivity contribution in [2.75, 3.05) is 0 Å². The summed E-state index contributed by atoms with van der Waals surface area (Å²) in [5.74, 6) is 2.80. The van der Waals surface area contributed by atoms with Gasteiger partial charge in [0.15, 0.2) is 0 Å². The molecule has 5 aliphatic rings. The van der Waals surface area contributed by atoms with E-state index in [0.29, 0.717) is 38.9 Å². The van der Waals surface area contributed by atoms with Gasteiger partial charge >= 0.3 is 0 Å². The maximum Gasteiger partial charge on any atom is 0.0579 e. The zero-order valence-electron chi connectivity index (χ0n) is 21.0. The van der Waals surface area contributed by atoms with E-state index >= 15 is 0 Å². The average Bonchev–Trinajstić information content (AvgIpc) is 2.91. The first-order chi connectivity index (χ1) is 13.9. The SMILES string of the molecule is CCC1C(O)CC2(C)CCC3(C)C(=CCC4C5(C)CCCC(C)(C)C5CCC43C)C12. The van der Waals surface area contributed by atoms with E-state index in [0.717, 1.165) is 24.7 Å². The lowest BCUT2D eigenvalue weighted by Crippen LogP contribution is -2.62. The lowest BCUT2D eigenvalue weighted by atomic mass is 9.34. The summed E-state index contributed by atoms with van der Waals surface area (Å²) in [6.07, 6.45) is 15.9. The highest BCUT2D eigenvalue weighted by Crippen LogP contribution is 2.76. The predicted octanol–water partition coefficient (Wildman–Crippen LogP) is 7.78. The van der Waals surface area contributed by atoms with E-state index in [1.807, 2.05) is 0 Å². The van der Waals surface area contributed by atoms with Gasteiger partial charge in [-0.2, -0.15) is 0 Å². The van der Waals surface area contributed by atoms with Crippen molar-refractivity contribution in [2.45, 2.75) is 119 Å². The van der Waals surface area contributed by atoms with Gasteiger partial charge in [-0.1, -0.05) is 73.0 Å². The van der Waals surface area contributed by atoms with Crippen LogP contribution in [0.15, 0.2) is 11.6 Å². The Hall–Kier alpha value is -0.300. The van der Waals surface area contributed by atoms with Gasteiger partial charge in [-0.15, -0.1) is 0 Å². The molecule has 4 fully saturated rings. The van der Waals surface area contributed by atoms with Crippen LogP contribution in [0, 0.1) is 50.7 Å². The first-order valence-corrected chi connectivity index (χ1v) is 13.3. The Bertz CT molecular complexity index is 749. The lowest BCUT2D eigenvalue weighted by Gasteiger charge is -2.70. The normalized spacial score (nSPS) is 56.9. The summed E-state index contributed by atoms with van der Waals surface area (Å²) in [5.41, 5.74) is 3.86. The van der Waals surface area contributed by atoms with Gasteiger partial charge < -0.3 is 5.11 Å². The van der Waals surface area contributed by atoms with Crippen LogP contribution >= 0.6 is 0 Å². The molecule has 0 bridgehead atoms. The standard InChI is InChI=1S/C29H48O/c1-8-19-21(30)18-26(4)16-17-28(6)20(24(19)26)10-11-23-27(5)14-9-13-25(2,3)22(27)12-15-29(23,28)7/h10,19,21-24,30H,8-9,11-18H2,1-7H3. The van der Waals surface area contributed by atoms with Crippen LogP contribution in [0.3, 0.4) is 0 Å². The molecule has 0 aromatic heterocycles. The van der Waals surface area contributed by atoms with Crippen molar-refractivity contribution >= 4 is 0 Å². The summed E-state index contributed by atoms with van der Waals surface area (Å²) in [7, 11) is 0. The summed E-state index contributed by atoms with van der Waals surface area (Å²) < 4.78 is 0. The quantitative estimate of drug-likeness (QED) is 0.436. The summed E-state index contributed by atoms with van der Waals surface area (Å²) in [6.45, 7) is 18.0. The van der Waals surface area contributed by atoms with Gasteiger partial charge in [0.1, 0.15) is 0 Å². The van der Waals surface area contributed by atoms with Crippen LogP contribution in [-0.4, -0.2) is 11.2 Å². The third kappa shape index (κ3) is 2.45. The molecule has 0 radical (unpaired) electrons. The molecule has 1 N–H and O–H groups in total. The fourth-order valence-corrected chi connectivity index (χ4v) is 10.9. The van der Waals surface area contributed by atoms with E-state index in [-0.39, 0.29) is 6.10 Å². The molecule has 30 heavy (non-hydrogen) atoms. The number of hydrogen-bond acceptors (Lipinski definition) is 1. The minimum atomic E-state index is -0.0915. The Morgan fingerprint density at radius 2 is 1.67 bits per heavy atom. The second-order valence-corrected chi connectivity index (χ2v) is 14.1. The van der Waals surface area contributed by atoms with Gasteiger partial charge in [-0.25, -0.2) is 0 Å². The monoisotopic (exact) mass is 412 g/mol. The average molecular weight is 413 g/mol. The van der Waals surface area contributed by atoms with Crippen LogP contribution in [0.25, 0.3) is 0 Å². The van der Waals surface area contributed by atoms with Crippen molar-refractivity contribution in [2.24, 2.45) is 50.7 Å². The molecule has 0 amide bonds. The fraction of sp³-hybridized carbons (Fsp3) is 0.931. The molecule has 4 saturated carbocycles. The molecule has 1 nitrogen and oxygen atoms in total. The van der Waals surface area contributed by atoms with Crippen molar-refractivity contribution in [3.63, 3.8) is 0 Å². The number of aliphatic hydroxyl groups excluding tert-OH is 1. The molecule has 0 aromatic carbocycles. The summed E-state index contributed by atoms with van der Waals surface area (Å²) in [6, 6.07) is 0. The number of fused-ring (bicyclic) bond motifs is 7. The molecule has 9 unspecified atom stereocenters. The Labute approximate surface area is 186 Å². The minimum Gasteiger partial charge on any atom is -0.393 e. The molecule has 5 aliphatic carbocycles. The second kappa shape index (κ2) is 6.39. The molecular formula is C29H48O. The summed E-state index contributed by atoms with van der Waals surface area (Å²) in [5, 5.41) is 11.0. The maximum absolute atomic E-state index is 11.0. The zero-order valence-corrected chi connectivity index (χ0v) is 21.0. The smallest absolute Gasteiger partial charge is 0.0579 e. The first kappa shape index (κ1) is 21.5. The minimum absolute atomic E-state index is 0.0915. The zero-order chi connectivity index (χ0) is 21.7. The van der Waals surface area contributed by atoms with Crippen LogP contribution in [0.1, 0.15) is 113 Å². The highest BCUT2D eigenvalue weighted by molar-refractivity contribution is 5.34. The van der Waals surface area contributed by atoms with Gasteiger partial charge in [-0.05, 0) is 102 Å². The highest BCUT2D eigenvalue weighted by Gasteiger charge is 2.68. The fourth-order valence-electron chi connectivity index (χ4n) is 10.9. The summed E-state index contributed by atoms with van der Waals surface area (Å²) in [4.78, 5) is 0. The van der Waals surface area contributed by atoms with Crippen LogP contribution in [-0.2, 0) is 0 Å². The Morgan fingerprint density at radius 1 is 0.933 bits per heavy atom. The maximum atomic E-state index is 11.0. The number of rotatable bonds is 1. The van der Waals surface area contributed by atoms with Gasteiger partial charge in [-0.3, -0.25) is 0 Å². The van der Waals surface area contributed by atoms with E-state index < -0.39 is 0 Å². The molecule has 0 spiro atoms. The van der Waals surface area contributed by atoms with Crippen LogP contribution in [0.4, 0.5) is 0 Å². The number of allylic oxidation sites excluding steroid dienone is 2. The molecule has 5 rings (SSSR count). The van der Waals surface area contributed by atoms with E-state index in [1.165, 1.54) is 51.4 Å². The van der Waals surface area contributed by atoms with E-state index in [1.54, 1.807) is 5.57 Å². The van der Waals surface area contributed by atoms with Crippen molar-refractivity contribution < 1.29 is 5.11 Å². The predicted molar refractivity (Wildman–Crippen MR) is 126 cm³/mol. The van der Waals surface area contributed by atoms with Crippen molar-refractivity contribution in [1.29, 1.82) is 0 Å².